The minimum Gasteiger partial charge on any atom is -0.497 e. The van der Waals surface area contributed by atoms with Crippen LogP contribution in [0, 0.1) is 0 Å². The molecule has 1 saturated heterocycles. The molecular formula is C22H25N3O5S. The fourth-order valence-corrected chi connectivity index (χ4v) is 5.07. The molecule has 0 radical (unpaired) electrons. The van der Waals surface area contributed by atoms with E-state index >= 15 is 0 Å². The summed E-state index contributed by atoms with van der Waals surface area (Å²) in [4.78, 5) is 16.8. The summed E-state index contributed by atoms with van der Waals surface area (Å²) in [6.07, 6.45) is -0.272. The Labute approximate surface area is 182 Å². The van der Waals surface area contributed by atoms with Gasteiger partial charge in [-0.05, 0) is 43.3 Å². The smallest absolute Gasteiger partial charge is 0.338 e. The summed E-state index contributed by atoms with van der Waals surface area (Å²) >= 11 is 0. The third kappa shape index (κ3) is 4.57. The molecule has 2 aliphatic heterocycles. The Morgan fingerprint density at radius 3 is 2.42 bits per heavy atom. The normalized spacial score (nSPS) is 18.8. The SMILES string of the molecule is COc1ccc(C(=O)OC(C)CN2CCN(C3=NS(=O)(=O)c4ccccc43)CC2)cc1. The summed E-state index contributed by atoms with van der Waals surface area (Å²) in [7, 11) is -2.04. The molecule has 9 heteroatoms. The number of hydrogen-bond donors (Lipinski definition) is 0. The second-order valence-corrected chi connectivity index (χ2v) is 9.19. The zero-order valence-corrected chi connectivity index (χ0v) is 18.3. The Hall–Kier alpha value is -2.91. The molecule has 1 unspecified atom stereocenters. The van der Waals surface area contributed by atoms with Crippen LogP contribution in [0.25, 0.3) is 0 Å². The lowest BCUT2D eigenvalue weighted by Crippen LogP contribution is -2.50. The number of methoxy groups -OCH3 is 1. The van der Waals surface area contributed by atoms with Crippen molar-refractivity contribution < 1.29 is 22.7 Å². The average molecular weight is 444 g/mol. The van der Waals surface area contributed by atoms with Crippen LogP contribution < -0.4 is 4.74 Å². The molecule has 0 N–H and O–H groups in total. The second kappa shape index (κ2) is 8.68. The van der Waals surface area contributed by atoms with Gasteiger partial charge in [-0.25, -0.2) is 4.79 Å². The van der Waals surface area contributed by atoms with Crippen molar-refractivity contribution in [3.8, 4) is 5.75 Å². The second-order valence-electron chi connectivity index (χ2n) is 7.62. The molecule has 2 aliphatic rings. The Balaban J connectivity index is 1.31. The predicted molar refractivity (Wildman–Crippen MR) is 116 cm³/mol. The van der Waals surface area contributed by atoms with E-state index in [4.69, 9.17) is 9.47 Å². The topological polar surface area (TPSA) is 88.5 Å². The number of ether oxygens (including phenoxy) is 2. The maximum atomic E-state index is 12.3. The van der Waals surface area contributed by atoms with Gasteiger partial charge in [-0.15, -0.1) is 4.40 Å². The molecule has 1 atom stereocenters. The van der Waals surface area contributed by atoms with E-state index in [1.807, 2.05) is 17.9 Å². The molecule has 4 rings (SSSR count). The Morgan fingerprint density at radius 1 is 1.06 bits per heavy atom. The molecule has 2 aromatic carbocycles. The van der Waals surface area contributed by atoms with Gasteiger partial charge < -0.3 is 14.4 Å². The summed E-state index contributed by atoms with van der Waals surface area (Å²) in [5.41, 5.74) is 1.15. The van der Waals surface area contributed by atoms with E-state index in [1.165, 1.54) is 0 Å². The van der Waals surface area contributed by atoms with Gasteiger partial charge in [0.1, 0.15) is 16.7 Å². The standard InChI is InChI=1S/C22H25N3O5S/c1-16(30-22(26)17-7-9-18(29-2)10-8-17)15-24-11-13-25(14-12-24)21-19-5-3-4-6-20(19)31(27,28)23-21/h3-10,16H,11-15H2,1-2H3. The summed E-state index contributed by atoms with van der Waals surface area (Å²) < 4.78 is 39.3. The van der Waals surface area contributed by atoms with Gasteiger partial charge in [0, 0.05) is 38.3 Å². The van der Waals surface area contributed by atoms with Gasteiger partial charge in [-0.3, -0.25) is 4.90 Å². The van der Waals surface area contributed by atoms with Crippen LogP contribution in [0.15, 0.2) is 57.8 Å². The molecule has 0 bridgehead atoms. The molecule has 0 saturated carbocycles. The van der Waals surface area contributed by atoms with Crippen LogP contribution in [0.5, 0.6) is 5.75 Å². The average Bonchev–Trinajstić information content (AvgIpc) is 3.05. The number of piperazine rings is 1. The zero-order chi connectivity index (χ0) is 22.0. The number of esters is 1. The lowest BCUT2D eigenvalue weighted by atomic mass is 10.1. The van der Waals surface area contributed by atoms with Crippen LogP contribution in [-0.4, -0.2) is 76.0 Å². The van der Waals surface area contributed by atoms with Crippen molar-refractivity contribution in [1.82, 2.24) is 9.80 Å². The third-order valence-electron chi connectivity index (χ3n) is 5.43. The van der Waals surface area contributed by atoms with Crippen LogP contribution in [0.2, 0.25) is 0 Å². The lowest BCUT2D eigenvalue weighted by molar-refractivity contribution is 0.0221. The fourth-order valence-electron chi connectivity index (χ4n) is 3.84. The number of fused-ring (bicyclic) bond motifs is 1. The van der Waals surface area contributed by atoms with Crippen LogP contribution in [-0.2, 0) is 14.8 Å². The van der Waals surface area contributed by atoms with Crippen molar-refractivity contribution in [3.63, 3.8) is 0 Å². The van der Waals surface area contributed by atoms with Crippen molar-refractivity contribution in [2.45, 2.75) is 17.9 Å². The minimum absolute atomic E-state index is 0.270. The highest BCUT2D eigenvalue weighted by Crippen LogP contribution is 2.27. The zero-order valence-electron chi connectivity index (χ0n) is 17.5. The van der Waals surface area contributed by atoms with Gasteiger partial charge in [-0.2, -0.15) is 8.42 Å². The molecule has 2 heterocycles. The van der Waals surface area contributed by atoms with Crippen LogP contribution in [0.1, 0.15) is 22.8 Å². The number of amidine groups is 1. The molecule has 2 aromatic rings. The Kier molecular flexibility index (Phi) is 5.97. The van der Waals surface area contributed by atoms with Gasteiger partial charge in [0.2, 0.25) is 0 Å². The first-order valence-corrected chi connectivity index (χ1v) is 11.6. The Bertz CT molecular complexity index is 1090. The number of carbonyl (C=O) groups is 1. The van der Waals surface area contributed by atoms with Crippen molar-refractivity contribution in [3.05, 3.63) is 59.7 Å². The van der Waals surface area contributed by atoms with Gasteiger partial charge in [-0.1, -0.05) is 12.1 Å². The van der Waals surface area contributed by atoms with E-state index in [1.54, 1.807) is 49.6 Å². The van der Waals surface area contributed by atoms with E-state index in [9.17, 15) is 13.2 Å². The quantitative estimate of drug-likeness (QED) is 0.653. The summed E-state index contributed by atoms with van der Waals surface area (Å²) in [5, 5.41) is 0. The fraction of sp³-hybridized carbons (Fsp3) is 0.364. The van der Waals surface area contributed by atoms with E-state index in [0.717, 1.165) is 13.1 Å². The summed E-state index contributed by atoms with van der Waals surface area (Å²) in [6.45, 7) is 5.25. The molecule has 8 nitrogen and oxygen atoms in total. The van der Waals surface area contributed by atoms with Crippen molar-refractivity contribution in [1.29, 1.82) is 0 Å². The number of nitrogens with zero attached hydrogens (tertiary/aromatic N) is 3. The van der Waals surface area contributed by atoms with Crippen LogP contribution in [0.3, 0.4) is 0 Å². The van der Waals surface area contributed by atoms with Gasteiger partial charge >= 0.3 is 5.97 Å². The first-order valence-electron chi connectivity index (χ1n) is 10.1. The number of carbonyl (C=O) groups excluding carboxylic acids is 1. The molecule has 0 amide bonds. The highest BCUT2D eigenvalue weighted by Gasteiger charge is 2.33. The highest BCUT2D eigenvalue weighted by atomic mass is 32.2. The maximum absolute atomic E-state index is 12.3. The van der Waals surface area contributed by atoms with Crippen LogP contribution >= 0.6 is 0 Å². The van der Waals surface area contributed by atoms with E-state index in [2.05, 4.69) is 9.30 Å². The molecular weight excluding hydrogens is 418 g/mol. The Morgan fingerprint density at radius 2 is 1.74 bits per heavy atom. The van der Waals surface area contributed by atoms with Gasteiger partial charge in [0.25, 0.3) is 10.0 Å². The van der Waals surface area contributed by atoms with Crippen molar-refractivity contribution >= 4 is 21.8 Å². The number of benzene rings is 2. The predicted octanol–water partition coefficient (Wildman–Crippen LogP) is 2.01. The highest BCUT2D eigenvalue weighted by molar-refractivity contribution is 7.90. The molecule has 1 fully saturated rings. The largest absolute Gasteiger partial charge is 0.497 e. The van der Waals surface area contributed by atoms with E-state index in [0.29, 0.717) is 42.3 Å². The molecule has 0 spiro atoms. The minimum atomic E-state index is -3.61. The van der Waals surface area contributed by atoms with Gasteiger partial charge in [0.15, 0.2) is 5.84 Å². The van der Waals surface area contributed by atoms with Crippen molar-refractivity contribution in [2.75, 3.05) is 39.8 Å². The summed E-state index contributed by atoms with van der Waals surface area (Å²) in [5.74, 6) is 0.843. The maximum Gasteiger partial charge on any atom is 0.338 e. The van der Waals surface area contributed by atoms with Crippen LogP contribution in [0.4, 0.5) is 0 Å². The number of sulfonamides is 1. The summed E-state index contributed by atoms with van der Waals surface area (Å²) in [6, 6.07) is 13.7. The van der Waals surface area contributed by atoms with Crippen molar-refractivity contribution in [2.24, 2.45) is 4.40 Å². The first kappa shape index (κ1) is 21.3. The molecule has 164 valence electrons. The molecule has 31 heavy (non-hydrogen) atoms. The van der Waals surface area contributed by atoms with E-state index < -0.39 is 10.0 Å². The third-order valence-corrected chi connectivity index (χ3v) is 6.76. The lowest BCUT2D eigenvalue weighted by Gasteiger charge is -2.36. The number of hydrogen-bond acceptors (Lipinski definition) is 7. The van der Waals surface area contributed by atoms with Gasteiger partial charge in [0.05, 0.1) is 12.7 Å². The van der Waals surface area contributed by atoms with E-state index in [-0.39, 0.29) is 17.0 Å². The first-order chi connectivity index (χ1) is 14.9. The monoisotopic (exact) mass is 443 g/mol. The molecule has 0 aliphatic carbocycles. The molecule has 0 aromatic heterocycles. The number of rotatable bonds is 5.